The molecule has 1 nitrogen and oxygen atoms in total. The van der Waals surface area contributed by atoms with Gasteiger partial charge in [-0.3, -0.25) is 0 Å². The van der Waals surface area contributed by atoms with Gasteiger partial charge in [-0.25, -0.2) is 0 Å². The van der Waals surface area contributed by atoms with Crippen LogP contribution >= 0.6 is 11.6 Å². The summed E-state index contributed by atoms with van der Waals surface area (Å²) in [5.74, 6) is 0. The third kappa shape index (κ3) is 1.72. The lowest BCUT2D eigenvalue weighted by molar-refractivity contribution is 0.233. The standard InChI is InChI=1S/C14H16ClN/c1-13(2,15)14(7-8-16)9-11-5-3-4-6-12(11)10-14/h3-6H,7,9-10H2,1-2H3. The van der Waals surface area contributed by atoms with E-state index in [2.05, 4.69) is 30.3 Å². The van der Waals surface area contributed by atoms with Gasteiger partial charge in [0.15, 0.2) is 0 Å². The van der Waals surface area contributed by atoms with Crippen LogP contribution in [-0.2, 0) is 12.8 Å². The molecule has 1 aromatic rings. The van der Waals surface area contributed by atoms with Gasteiger partial charge in [0, 0.05) is 16.7 Å². The van der Waals surface area contributed by atoms with Crippen LogP contribution in [-0.4, -0.2) is 4.87 Å². The number of nitriles is 1. The zero-order valence-corrected chi connectivity index (χ0v) is 10.5. The van der Waals surface area contributed by atoms with Crippen molar-refractivity contribution in [3.05, 3.63) is 35.4 Å². The number of nitrogens with zero attached hydrogens (tertiary/aromatic N) is 1. The molecule has 1 aliphatic carbocycles. The molecule has 0 atom stereocenters. The Morgan fingerprint density at radius 1 is 1.31 bits per heavy atom. The third-order valence-electron chi connectivity index (χ3n) is 3.85. The molecule has 1 aliphatic rings. The molecule has 2 rings (SSSR count). The van der Waals surface area contributed by atoms with Crippen molar-refractivity contribution in [2.24, 2.45) is 5.41 Å². The third-order valence-corrected chi connectivity index (χ3v) is 4.26. The summed E-state index contributed by atoms with van der Waals surface area (Å²) >= 11 is 6.51. The lowest BCUT2D eigenvalue weighted by Crippen LogP contribution is -2.39. The molecule has 0 aliphatic heterocycles. The normalized spacial score (nSPS) is 17.9. The van der Waals surface area contributed by atoms with Crippen LogP contribution in [0.3, 0.4) is 0 Å². The van der Waals surface area contributed by atoms with Crippen LogP contribution in [0.25, 0.3) is 0 Å². The highest BCUT2D eigenvalue weighted by Gasteiger charge is 2.47. The average Bonchev–Trinajstić information content (AvgIpc) is 2.56. The summed E-state index contributed by atoms with van der Waals surface area (Å²) in [6.07, 6.45) is 2.37. The second-order valence-corrected chi connectivity index (χ2v) is 6.15. The quantitative estimate of drug-likeness (QED) is 0.715. The van der Waals surface area contributed by atoms with Crippen molar-refractivity contribution in [1.29, 1.82) is 5.26 Å². The van der Waals surface area contributed by atoms with Gasteiger partial charge in [0.05, 0.1) is 6.07 Å². The van der Waals surface area contributed by atoms with E-state index in [4.69, 9.17) is 16.9 Å². The molecule has 0 saturated carbocycles. The Labute approximate surface area is 102 Å². The van der Waals surface area contributed by atoms with Crippen molar-refractivity contribution in [3.63, 3.8) is 0 Å². The summed E-state index contributed by atoms with van der Waals surface area (Å²) in [7, 11) is 0. The Hall–Kier alpha value is -1.00. The molecule has 0 unspecified atom stereocenters. The molecule has 0 N–H and O–H groups in total. The van der Waals surface area contributed by atoms with Gasteiger partial charge in [0.2, 0.25) is 0 Å². The van der Waals surface area contributed by atoms with Crippen LogP contribution in [0, 0.1) is 16.7 Å². The SMILES string of the molecule is CC(C)(Cl)C1(CC#N)Cc2ccccc2C1. The van der Waals surface area contributed by atoms with E-state index in [0.717, 1.165) is 12.8 Å². The van der Waals surface area contributed by atoms with Crippen LogP contribution < -0.4 is 0 Å². The molecule has 0 bridgehead atoms. The first-order valence-electron chi connectivity index (χ1n) is 5.61. The van der Waals surface area contributed by atoms with E-state index < -0.39 is 0 Å². The number of hydrogen-bond donors (Lipinski definition) is 0. The van der Waals surface area contributed by atoms with Crippen LogP contribution in [0.5, 0.6) is 0 Å². The van der Waals surface area contributed by atoms with Crippen molar-refractivity contribution < 1.29 is 0 Å². The first kappa shape index (κ1) is 11.5. The molecule has 1 aromatic carbocycles. The van der Waals surface area contributed by atoms with Crippen LogP contribution in [0.4, 0.5) is 0 Å². The largest absolute Gasteiger partial charge is 0.198 e. The van der Waals surface area contributed by atoms with Crippen LogP contribution in [0.15, 0.2) is 24.3 Å². The topological polar surface area (TPSA) is 23.8 Å². The zero-order chi connectivity index (χ0) is 11.8. The summed E-state index contributed by atoms with van der Waals surface area (Å²) < 4.78 is 0. The predicted molar refractivity (Wildman–Crippen MR) is 66.4 cm³/mol. The minimum Gasteiger partial charge on any atom is -0.198 e. The lowest BCUT2D eigenvalue weighted by atomic mass is 9.72. The number of alkyl halides is 1. The van der Waals surface area contributed by atoms with Gasteiger partial charge in [-0.05, 0) is 37.8 Å². The number of hydrogen-bond acceptors (Lipinski definition) is 1. The Morgan fingerprint density at radius 3 is 2.19 bits per heavy atom. The molecule has 0 spiro atoms. The van der Waals surface area contributed by atoms with Crippen molar-refractivity contribution >= 4 is 11.6 Å². The number of halogens is 1. The average molecular weight is 234 g/mol. The first-order valence-corrected chi connectivity index (χ1v) is 5.99. The Bertz CT molecular complexity index is 412. The summed E-state index contributed by atoms with van der Waals surface area (Å²) in [6, 6.07) is 10.7. The molecule has 2 heteroatoms. The summed E-state index contributed by atoms with van der Waals surface area (Å²) in [4.78, 5) is -0.345. The van der Waals surface area contributed by atoms with Crippen molar-refractivity contribution in [2.75, 3.05) is 0 Å². The number of benzene rings is 1. The Kier molecular flexibility index (Phi) is 2.72. The van der Waals surface area contributed by atoms with E-state index in [9.17, 15) is 0 Å². The molecule has 0 fully saturated rings. The van der Waals surface area contributed by atoms with Gasteiger partial charge in [-0.2, -0.15) is 5.26 Å². The first-order chi connectivity index (χ1) is 7.48. The van der Waals surface area contributed by atoms with E-state index in [1.165, 1.54) is 11.1 Å². The van der Waals surface area contributed by atoms with Gasteiger partial charge >= 0.3 is 0 Å². The zero-order valence-electron chi connectivity index (χ0n) is 9.76. The van der Waals surface area contributed by atoms with Gasteiger partial charge in [0.25, 0.3) is 0 Å². The number of rotatable bonds is 2. The second-order valence-electron chi connectivity index (χ2n) is 5.21. The Balaban J connectivity index is 2.39. The molecular formula is C14H16ClN. The number of fused-ring (bicyclic) bond motifs is 1. The van der Waals surface area contributed by atoms with E-state index in [1.807, 2.05) is 13.8 Å². The van der Waals surface area contributed by atoms with Gasteiger partial charge in [0.1, 0.15) is 0 Å². The van der Waals surface area contributed by atoms with E-state index >= 15 is 0 Å². The maximum absolute atomic E-state index is 9.03. The Morgan fingerprint density at radius 2 is 1.81 bits per heavy atom. The molecule has 0 aromatic heterocycles. The molecule has 0 heterocycles. The molecular weight excluding hydrogens is 218 g/mol. The highest BCUT2D eigenvalue weighted by molar-refractivity contribution is 6.24. The maximum atomic E-state index is 9.03. The van der Waals surface area contributed by atoms with Crippen molar-refractivity contribution in [3.8, 4) is 6.07 Å². The minimum absolute atomic E-state index is 0.104. The van der Waals surface area contributed by atoms with Gasteiger partial charge in [-0.1, -0.05) is 24.3 Å². The van der Waals surface area contributed by atoms with Gasteiger partial charge in [-0.15, -0.1) is 11.6 Å². The van der Waals surface area contributed by atoms with Crippen molar-refractivity contribution in [2.45, 2.75) is 38.0 Å². The van der Waals surface area contributed by atoms with E-state index in [0.29, 0.717) is 6.42 Å². The molecule has 16 heavy (non-hydrogen) atoms. The fourth-order valence-corrected chi connectivity index (χ4v) is 2.80. The second kappa shape index (κ2) is 3.79. The maximum Gasteiger partial charge on any atom is 0.0628 e. The van der Waals surface area contributed by atoms with Crippen LogP contribution in [0.1, 0.15) is 31.4 Å². The summed E-state index contributed by atoms with van der Waals surface area (Å²) in [5.41, 5.74) is 2.60. The molecule has 0 radical (unpaired) electrons. The van der Waals surface area contributed by atoms with Crippen LogP contribution in [0.2, 0.25) is 0 Å². The van der Waals surface area contributed by atoms with Gasteiger partial charge < -0.3 is 0 Å². The molecule has 0 amide bonds. The van der Waals surface area contributed by atoms with E-state index in [1.54, 1.807) is 0 Å². The fourth-order valence-electron chi connectivity index (χ4n) is 2.60. The lowest BCUT2D eigenvalue weighted by Gasteiger charge is -2.38. The van der Waals surface area contributed by atoms with Crippen molar-refractivity contribution in [1.82, 2.24) is 0 Å². The smallest absolute Gasteiger partial charge is 0.0628 e. The fraction of sp³-hybridized carbons (Fsp3) is 0.500. The predicted octanol–water partition coefficient (Wildman–Crippen LogP) is 3.70. The highest BCUT2D eigenvalue weighted by atomic mass is 35.5. The highest BCUT2D eigenvalue weighted by Crippen LogP contribution is 2.49. The monoisotopic (exact) mass is 233 g/mol. The summed E-state index contributed by atoms with van der Waals surface area (Å²) in [5, 5.41) is 9.03. The summed E-state index contributed by atoms with van der Waals surface area (Å²) in [6.45, 7) is 4.05. The minimum atomic E-state index is -0.345. The molecule has 84 valence electrons. The molecule has 0 saturated heterocycles. The van der Waals surface area contributed by atoms with E-state index in [-0.39, 0.29) is 10.3 Å².